The summed E-state index contributed by atoms with van der Waals surface area (Å²) in [6, 6.07) is 20.2. The number of H-pyrrole nitrogens is 1. The second-order valence-corrected chi connectivity index (χ2v) is 9.17. The summed E-state index contributed by atoms with van der Waals surface area (Å²) in [4.78, 5) is 31.5. The van der Waals surface area contributed by atoms with Crippen molar-refractivity contribution in [2.45, 2.75) is 28.7 Å². The molecule has 0 fully saturated rings. The van der Waals surface area contributed by atoms with E-state index in [1.54, 1.807) is 11.8 Å². The van der Waals surface area contributed by atoms with Gasteiger partial charge in [-0.05, 0) is 55.0 Å². The average Bonchev–Trinajstić information content (AvgIpc) is 3.23. The predicted molar refractivity (Wildman–Crippen MR) is 136 cm³/mol. The van der Waals surface area contributed by atoms with Crippen molar-refractivity contribution in [3.63, 3.8) is 0 Å². The monoisotopic (exact) mass is 510 g/mol. The molecular weight excluding hydrogens is 484 g/mol. The van der Waals surface area contributed by atoms with Gasteiger partial charge in [-0.1, -0.05) is 36.0 Å². The van der Waals surface area contributed by atoms with Crippen molar-refractivity contribution in [3.8, 4) is 11.5 Å². The zero-order chi connectivity index (χ0) is 26.3. The third-order valence-corrected chi connectivity index (χ3v) is 5.94. The second kappa shape index (κ2) is 11.5. The molecule has 3 aromatic carbocycles. The second-order valence-electron chi connectivity index (χ2n) is 8.02. The third kappa shape index (κ3) is 7.14. The standard InChI is InChI=1S/C15H13N3O2S.C10H13NO4/c1-20-15(19)18-14-16-12-8-7-11(9-13(12)17-14)21-10-5-3-2-4-6-10;1-10(11,9(14)15)5-6-2-3-7(12)8(13)4-6/h2-9H,1H3,(H2,16,17,18,19);2-4,12-13H,5,11H2,1H3,(H,14,15). The largest absolute Gasteiger partial charge is 0.504 e. The molecule has 11 heteroatoms. The summed E-state index contributed by atoms with van der Waals surface area (Å²) in [5.74, 6) is -1.27. The molecule has 1 amide bonds. The van der Waals surface area contributed by atoms with Gasteiger partial charge in [-0.3, -0.25) is 10.1 Å². The number of carboxylic acid groups (broad SMARTS) is 1. The van der Waals surface area contributed by atoms with Crippen molar-refractivity contribution >= 4 is 40.8 Å². The molecule has 0 spiro atoms. The number of aromatic nitrogens is 2. The summed E-state index contributed by atoms with van der Waals surface area (Å²) in [5.41, 5.74) is 6.36. The van der Waals surface area contributed by atoms with Crippen LogP contribution in [-0.2, 0) is 16.0 Å². The van der Waals surface area contributed by atoms with Crippen molar-refractivity contribution in [3.05, 3.63) is 72.3 Å². The van der Waals surface area contributed by atoms with Crippen LogP contribution in [0.25, 0.3) is 11.0 Å². The number of aromatic hydroxyl groups is 2. The molecule has 1 atom stereocenters. The van der Waals surface area contributed by atoms with Crippen LogP contribution in [0.5, 0.6) is 11.5 Å². The summed E-state index contributed by atoms with van der Waals surface area (Å²) in [7, 11) is 1.31. The van der Waals surface area contributed by atoms with Gasteiger partial charge in [0.05, 0.1) is 18.1 Å². The number of anilines is 1. The fourth-order valence-corrected chi connectivity index (χ4v) is 3.94. The van der Waals surface area contributed by atoms with Crippen molar-refractivity contribution in [1.29, 1.82) is 0 Å². The Labute approximate surface area is 211 Å². The van der Waals surface area contributed by atoms with Crippen LogP contribution in [0, 0.1) is 0 Å². The molecule has 1 aromatic heterocycles. The number of amides is 1. The first kappa shape index (κ1) is 26.4. The number of phenolic OH excluding ortho intramolecular Hbond substituents is 2. The number of hydrogen-bond donors (Lipinski definition) is 6. The van der Waals surface area contributed by atoms with Crippen LogP contribution >= 0.6 is 11.8 Å². The molecule has 0 saturated heterocycles. The maximum absolute atomic E-state index is 11.2. The number of rotatable bonds is 6. The normalized spacial score (nSPS) is 12.2. The third-order valence-electron chi connectivity index (χ3n) is 4.94. The minimum atomic E-state index is -1.39. The van der Waals surface area contributed by atoms with Crippen LogP contribution in [0.3, 0.4) is 0 Å². The fourth-order valence-electron chi connectivity index (χ4n) is 3.06. The number of ether oxygens (including phenoxy) is 1. The number of nitrogens with zero attached hydrogens (tertiary/aromatic N) is 1. The van der Waals surface area contributed by atoms with E-state index in [1.807, 2.05) is 36.4 Å². The SMILES string of the molecule is CC(N)(Cc1ccc(O)c(O)c1)C(=O)O.COC(=O)Nc1nc2ccc(Sc3ccccc3)cc2[nH]1. The first-order chi connectivity index (χ1) is 17.1. The molecule has 36 heavy (non-hydrogen) atoms. The number of nitrogens with one attached hydrogen (secondary N) is 2. The highest BCUT2D eigenvalue weighted by Gasteiger charge is 2.28. The van der Waals surface area contributed by atoms with E-state index in [0.29, 0.717) is 11.5 Å². The first-order valence-electron chi connectivity index (χ1n) is 10.7. The summed E-state index contributed by atoms with van der Waals surface area (Å²) < 4.78 is 4.54. The van der Waals surface area contributed by atoms with E-state index in [2.05, 4.69) is 32.2 Å². The highest BCUT2D eigenvalue weighted by molar-refractivity contribution is 7.99. The van der Waals surface area contributed by atoms with Gasteiger partial charge in [0.15, 0.2) is 11.5 Å². The number of aromatic amines is 1. The van der Waals surface area contributed by atoms with E-state index >= 15 is 0 Å². The van der Waals surface area contributed by atoms with Gasteiger partial charge < -0.3 is 30.8 Å². The molecule has 7 N–H and O–H groups in total. The Kier molecular flexibility index (Phi) is 8.41. The lowest BCUT2D eigenvalue weighted by Crippen LogP contribution is -2.46. The van der Waals surface area contributed by atoms with Crippen molar-refractivity contribution in [1.82, 2.24) is 9.97 Å². The van der Waals surface area contributed by atoms with Crippen molar-refractivity contribution in [2.24, 2.45) is 5.73 Å². The Bertz CT molecular complexity index is 1360. The molecular formula is C25H26N4O6S. The van der Waals surface area contributed by atoms with Gasteiger partial charge in [0.1, 0.15) is 5.54 Å². The van der Waals surface area contributed by atoms with Gasteiger partial charge in [-0.15, -0.1) is 0 Å². The van der Waals surface area contributed by atoms with Crippen LogP contribution in [0.1, 0.15) is 12.5 Å². The predicted octanol–water partition coefficient (Wildman–Crippen LogP) is 4.33. The lowest BCUT2D eigenvalue weighted by molar-refractivity contribution is -0.142. The molecule has 4 aromatic rings. The number of hydrogen-bond acceptors (Lipinski definition) is 8. The van der Waals surface area contributed by atoms with Gasteiger partial charge >= 0.3 is 12.1 Å². The van der Waals surface area contributed by atoms with Gasteiger partial charge in [-0.25, -0.2) is 9.78 Å². The number of nitrogens with two attached hydrogens (primary N) is 1. The minimum absolute atomic E-state index is 0.0795. The molecule has 0 aliphatic carbocycles. The molecule has 1 unspecified atom stereocenters. The highest BCUT2D eigenvalue weighted by atomic mass is 32.2. The molecule has 0 aliphatic rings. The summed E-state index contributed by atoms with van der Waals surface area (Å²) in [6.07, 6.45) is -0.469. The minimum Gasteiger partial charge on any atom is -0.504 e. The topological polar surface area (TPSA) is 171 Å². The van der Waals surface area contributed by atoms with Crippen LogP contribution in [0.4, 0.5) is 10.7 Å². The summed E-state index contributed by atoms with van der Waals surface area (Å²) >= 11 is 1.67. The van der Waals surface area contributed by atoms with Crippen LogP contribution in [0.2, 0.25) is 0 Å². The average molecular weight is 511 g/mol. The quantitative estimate of drug-likeness (QED) is 0.206. The number of carbonyl (C=O) groups is 2. The van der Waals surface area contributed by atoms with E-state index in [1.165, 1.54) is 37.1 Å². The Balaban J connectivity index is 0.000000214. The fraction of sp³-hybridized carbons (Fsp3) is 0.160. The first-order valence-corrected chi connectivity index (χ1v) is 11.5. The maximum atomic E-state index is 11.2. The molecule has 188 valence electrons. The molecule has 0 saturated carbocycles. The van der Waals surface area contributed by atoms with Gasteiger partial charge in [0.25, 0.3) is 0 Å². The van der Waals surface area contributed by atoms with Crippen molar-refractivity contribution in [2.75, 3.05) is 12.4 Å². The van der Waals surface area contributed by atoms with Crippen molar-refractivity contribution < 1.29 is 29.6 Å². The number of aliphatic carboxylic acids is 1. The summed E-state index contributed by atoms with van der Waals surface area (Å²) in [6.45, 7) is 1.39. The Hall–Kier alpha value is -4.22. The number of carbonyl (C=O) groups excluding carboxylic acids is 1. The highest BCUT2D eigenvalue weighted by Crippen LogP contribution is 2.30. The lowest BCUT2D eigenvalue weighted by atomic mass is 9.94. The molecule has 10 nitrogen and oxygen atoms in total. The van der Waals surface area contributed by atoms with Crippen LogP contribution in [0.15, 0.2) is 76.5 Å². The van der Waals surface area contributed by atoms with E-state index in [4.69, 9.17) is 15.9 Å². The number of benzene rings is 3. The zero-order valence-corrected chi connectivity index (χ0v) is 20.4. The van der Waals surface area contributed by atoms with Gasteiger partial charge in [-0.2, -0.15) is 0 Å². The van der Waals surface area contributed by atoms with E-state index < -0.39 is 17.6 Å². The molecule has 4 rings (SSSR count). The molecule has 1 heterocycles. The number of carboxylic acids is 1. The molecule has 0 aliphatic heterocycles. The number of phenols is 2. The van der Waals surface area contributed by atoms with Crippen LogP contribution < -0.4 is 11.1 Å². The van der Waals surface area contributed by atoms with E-state index in [-0.39, 0.29) is 17.9 Å². The van der Waals surface area contributed by atoms with E-state index in [0.717, 1.165) is 15.9 Å². The van der Waals surface area contributed by atoms with Gasteiger partial charge in [0, 0.05) is 16.2 Å². The lowest BCUT2D eigenvalue weighted by Gasteiger charge is -2.19. The van der Waals surface area contributed by atoms with E-state index in [9.17, 15) is 14.7 Å². The Morgan fingerprint density at radius 2 is 1.78 bits per heavy atom. The van der Waals surface area contributed by atoms with Crippen LogP contribution in [-0.4, -0.2) is 50.0 Å². The number of imidazole rings is 1. The number of methoxy groups -OCH3 is 1. The number of fused-ring (bicyclic) bond motifs is 1. The summed E-state index contributed by atoms with van der Waals surface area (Å²) in [5, 5.41) is 29.6. The molecule has 0 bridgehead atoms. The maximum Gasteiger partial charge on any atom is 0.413 e. The zero-order valence-electron chi connectivity index (χ0n) is 19.6. The Morgan fingerprint density at radius 1 is 1.06 bits per heavy atom. The molecule has 0 radical (unpaired) electrons. The Morgan fingerprint density at radius 3 is 2.42 bits per heavy atom. The smallest absolute Gasteiger partial charge is 0.413 e. The van der Waals surface area contributed by atoms with Gasteiger partial charge in [0.2, 0.25) is 5.95 Å².